The normalized spacial score (nSPS) is 20.6. The zero-order valence-electron chi connectivity index (χ0n) is 12.9. The standard InChI is InChI=1S/C17H28N2O/c1-3-19-12-6-8-16(10-13-19)18-17-9-5-4-7-15(17)11-14-20-2/h4-5,7,9,16,18H,3,6,8,10-14H2,1-2H3. The number of hydrogen-bond acceptors (Lipinski definition) is 3. The van der Waals surface area contributed by atoms with Crippen LogP contribution in [0.15, 0.2) is 24.3 Å². The van der Waals surface area contributed by atoms with E-state index in [1.165, 1.54) is 50.1 Å². The smallest absolute Gasteiger partial charge is 0.0503 e. The van der Waals surface area contributed by atoms with Gasteiger partial charge < -0.3 is 15.0 Å². The lowest BCUT2D eigenvalue weighted by atomic mass is 10.1. The van der Waals surface area contributed by atoms with Crippen LogP contribution in [0.25, 0.3) is 0 Å². The molecule has 1 N–H and O–H groups in total. The van der Waals surface area contributed by atoms with Crippen molar-refractivity contribution in [1.29, 1.82) is 0 Å². The third-order valence-electron chi connectivity index (χ3n) is 4.22. The van der Waals surface area contributed by atoms with Crippen LogP contribution in [0.5, 0.6) is 0 Å². The van der Waals surface area contributed by atoms with Crippen molar-refractivity contribution in [1.82, 2.24) is 4.90 Å². The van der Waals surface area contributed by atoms with Crippen molar-refractivity contribution in [2.45, 2.75) is 38.6 Å². The second kappa shape index (κ2) is 8.28. The van der Waals surface area contributed by atoms with Crippen molar-refractivity contribution in [3.8, 4) is 0 Å². The van der Waals surface area contributed by atoms with Crippen LogP contribution in [-0.2, 0) is 11.2 Å². The summed E-state index contributed by atoms with van der Waals surface area (Å²) < 4.78 is 5.20. The van der Waals surface area contributed by atoms with Crippen molar-refractivity contribution in [3.63, 3.8) is 0 Å². The number of rotatable bonds is 6. The summed E-state index contributed by atoms with van der Waals surface area (Å²) in [7, 11) is 1.76. The van der Waals surface area contributed by atoms with E-state index in [1.54, 1.807) is 7.11 Å². The first kappa shape index (κ1) is 15.3. The molecule has 1 saturated heterocycles. The fourth-order valence-corrected chi connectivity index (χ4v) is 2.93. The van der Waals surface area contributed by atoms with Gasteiger partial charge in [-0.3, -0.25) is 0 Å². The molecule has 1 aromatic rings. The second-order valence-electron chi connectivity index (χ2n) is 5.61. The van der Waals surface area contributed by atoms with Gasteiger partial charge in [0.05, 0.1) is 6.61 Å². The number of benzene rings is 1. The number of likely N-dealkylation sites (tertiary alicyclic amines) is 1. The van der Waals surface area contributed by atoms with Gasteiger partial charge >= 0.3 is 0 Å². The Morgan fingerprint density at radius 1 is 1.25 bits per heavy atom. The molecule has 1 aliphatic heterocycles. The molecular weight excluding hydrogens is 248 g/mol. The molecule has 0 saturated carbocycles. The van der Waals surface area contributed by atoms with Gasteiger partial charge in [0, 0.05) is 25.4 Å². The predicted octanol–water partition coefficient (Wildman–Crippen LogP) is 3.16. The monoisotopic (exact) mass is 276 g/mol. The van der Waals surface area contributed by atoms with E-state index in [0.717, 1.165) is 13.0 Å². The number of para-hydroxylation sites is 1. The summed E-state index contributed by atoms with van der Waals surface area (Å²) in [5.74, 6) is 0. The summed E-state index contributed by atoms with van der Waals surface area (Å²) in [6, 6.07) is 9.25. The highest BCUT2D eigenvalue weighted by Crippen LogP contribution is 2.21. The number of hydrogen-bond donors (Lipinski definition) is 1. The third-order valence-corrected chi connectivity index (χ3v) is 4.22. The lowest BCUT2D eigenvalue weighted by Crippen LogP contribution is -2.26. The molecule has 0 spiro atoms. The van der Waals surface area contributed by atoms with E-state index < -0.39 is 0 Å². The molecule has 20 heavy (non-hydrogen) atoms. The topological polar surface area (TPSA) is 24.5 Å². The van der Waals surface area contributed by atoms with E-state index in [1.807, 2.05) is 0 Å². The SMILES string of the molecule is CCN1CCCC(Nc2ccccc2CCOC)CC1. The average Bonchev–Trinajstić information content (AvgIpc) is 2.71. The van der Waals surface area contributed by atoms with Crippen LogP contribution in [0.3, 0.4) is 0 Å². The Hall–Kier alpha value is -1.06. The Bertz CT molecular complexity index is 394. The van der Waals surface area contributed by atoms with Gasteiger partial charge in [-0.05, 0) is 50.4 Å². The predicted molar refractivity (Wildman–Crippen MR) is 85.4 cm³/mol. The molecule has 0 bridgehead atoms. The van der Waals surface area contributed by atoms with Crippen LogP contribution in [0.4, 0.5) is 5.69 Å². The summed E-state index contributed by atoms with van der Waals surface area (Å²) in [5.41, 5.74) is 2.66. The average molecular weight is 276 g/mol. The molecule has 1 unspecified atom stereocenters. The maximum Gasteiger partial charge on any atom is 0.0503 e. The molecular formula is C17H28N2O. The molecule has 1 atom stereocenters. The van der Waals surface area contributed by atoms with Gasteiger partial charge in [-0.25, -0.2) is 0 Å². The summed E-state index contributed by atoms with van der Waals surface area (Å²) in [6.45, 7) is 6.69. The molecule has 3 heteroatoms. The Kier molecular flexibility index (Phi) is 6.34. The minimum absolute atomic E-state index is 0.607. The van der Waals surface area contributed by atoms with Gasteiger partial charge in [0.25, 0.3) is 0 Å². The Morgan fingerprint density at radius 2 is 2.10 bits per heavy atom. The van der Waals surface area contributed by atoms with Gasteiger partial charge in [-0.2, -0.15) is 0 Å². The number of methoxy groups -OCH3 is 1. The molecule has 1 heterocycles. The molecule has 2 rings (SSSR count). The van der Waals surface area contributed by atoms with Crippen molar-refractivity contribution in [2.24, 2.45) is 0 Å². The molecule has 1 aliphatic rings. The van der Waals surface area contributed by atoms with Gasteiger partial charge in [0.2, 0.25) is 0 Å². The van der Waals surface area contributed by atoms with Crippen LogP contribution in [0.2, 0.25) is 0 Å². The molecule has 3 nitrogen and oxygen atoms in total. The number of ether oxygens (including phenoxy) is 1. The summed E-state index contributed by atoms with van der Waals surface area (Å²) in [4.78, 5) is 2.55. The molecule has 0 aromatic heterocycles. The highest BCUT2D eigenvalue weighted by atomic mass is 16.5. The van der Waals surface area contributed by atoms with Crippen LogP contribution in [0, 0.1) is 0 Å². The molecule has 112 valence electrons. The Balaban J connectivity index is 1.95. The highest BCUT2D eigenvalue weighted by molar-refractivity contribution is 5.51. The van der Waals surface area contributed by atoms with Gasteiger partial charge in [-0.1, -0.05) is 25.1 Å². The largest absolute Gasteiger partial charge is 0.384 e. The first-order chi connectivity index (χ1) is 9.83. The van der Waals surface area contributed by atoms with Crippen molar-refractivity contribution in [3.05, 3.63) is 29.8 Å². The van der Waals surface area contributed by atoms with Crippen LogP contribution in [-0.4, -0.2) is 44.3 Å². The second-order valence-corrected chi connectivity index (χ2v) is 5.61. The van der Waals surface area contributed by atoms with E-state index in [0.29, 0.717) is 6.04 Å². The van der Waals surface area contributed by atoms with Crippen LogP contribution >= 0.6 is 0 Å². The van der Waals surface area contributed by atoms with E-state index in [4.69, 9.17) is 4.74 Å². The fourth-order valence-electron chi connectivity index (χ4n) is 2.93. The van der Waals surface area contributed by atoms with Crippen molar-refractivity contribution < 1.29 is 4.74 Å². The quantitative estimate of drug-likeness (QED) is 0.864. The molecule has 0 aliphatic carbocycles. The summed E-state index contributed by atoms with van der Waals surface area (Å²) in [5, 5.41) is 3.76. The number of anilines is 1. The van der Waals surface area contributed by atoms with Gasteiger partial charge in [0.15, 0.2) is 0 Å². The van der Waals surface area contributed by atoms with Gasteiger partial charge in [0.1, 0.15) is 0 Å². The Morgan fingerprint density at radius 3 is 2.90 bits per heavy atom. The van der Waals surface area contributed by atoms with E-state index in [2.05, 4.69) is 41.4 Å². The molecule has 0 amide bonds. The zero-order valence-corrected chi connectivity index (χ0v) is 12.9. The van der Waals surface area contributed by atoms with E-state index >= 15 is 0 Å². The zero-order chi connectivity index (χ0) is 14.2. The fraction of sp³-hybridized carbons (Fsp3) is 0.647. The van der Waals surface area contributed by atoms with Crippen LogP contribution in [0.1, 0.15) is 31.7 Å². The summed E-state index contributed by atoms with van der Waals surface area (Å²) >= 11 is 0. The van der Waals surface area contributed by atoms with Crippen LogP contribution < -0.4 is 5.32 Å². The Labute approximate surface area is 123 Å². The van der Waals surface area contributed by atoms with Crippen molar-refractivity contribution in [2.75, 3.05) is 38.7 Å². The van der Waals surface area contributed by atoms with E-state index in [-0.39, 0.29) is 0 Å². The maximum atomic E-state index is 5.20. The molecule has 1 fully saturated rings. The van der Waals surface area contributed by atoms with Gasteiger partial charge in [-0.15, -0.1) is 0 Å². The lowest BCUT2D eigenvalue weighted by molar-refractivity contribution is 0.202. The lowest BCUT2D eigenvalue weighted by Gasteiger charge is -2.21. The minimum atomic E-state index is 0.607. The summed E-state index contributed by atoms with van der Waals surface area (Å²) in [6.07, 6.45) is 4.79. The first-order valence-corrected chi connectivity index (χ1v) is 7.89. The minimum Gasteiger partial charge on any atom is -0.384 e. The maximum absolute atomic E-state index is 5.20. The number of nitrogens with zero attached hydrogens (tertiary/aromatic N) is 1. The third kappa shape index (κ3) is 4.50. The number of nitrogens with one attached hydrogen (secondary N) is 1. The molecule has 0 radical (unpaired) electrons. The van der Waals surface area contributed by atoms with E-state index in [9.17, 15) is 0 Å². The van der Waals surface area contributed by atoms with Crippen molar-refractivity contribution >= 4 is 5.69 Å². The molecule has 1 aromatic carbocycles. The first-order valence-electron chi connectivity index (χ1n) is 7.89. The highest BCUT2D eigenvalue weighted by Gasteiger charge is 2.16.